The van der Waals surface area contributed by atoms with Gasteiger partial charge in [-0.3, -0.25) is 14.4 Å². The van der Waals surface area contributed by atoms with Gasteiger partial charge < -0.3 is 20.3 Å². The monoisotopic (exact) mass is 721 g/mol. The molecule has 8 heteroatoms. The largest absolute Gasteiger partial charge is 0.481 e. The van der Waals surface area contributed by atoms with Gasteiger partial charge in [-0.15, -0.1) is 0 Å². The number of benzene rings is 1. The number of allylic oxidation sites excluding steroid dienone is 1. The highest BCUT2D eigenvalue weighted by Crippen LogP contribution is 2.77. The Hall–Kier alpha value is -2.58. The van der Waals surface area contributed by atoms with Crippen LogP contribution in [0, 0.1) is 62.0 Å². The molecule has 5 aliphatic rings. The summed E-state index contributed by atoms with van der Waals surface area (Å²) >= 11 is 0. The Morgan fingerprint density at radius 3 is 2.25 bits per heavy atom. The molecule has 0 aromatic heterocycles. The molecule has 4 saturated carbocycles. The van der Waals surface area contributed by atoms with E-state index in [0.717, 1.165) is 62.5 Å². The molecule has 288 valence electrons. The summed E-state index contributed by atoms with van der Waals surface area (Å²) in [5.74, 6) is -0.356. The summed E-state index contributed by atoms with van der Waals surface area (Å²) in [6.45, 7) is 20.4. The number of aliphatic hydroxyl groups excluding tert-OH is 1. The molecule has 0 heterocycles. The average molecular weight is 722 g/mol. The molecule has 2 unspecified atom stereocenters. The Morgan fingerprint density at radius 2 is 1.62 bits per heavy atom. The smallest absolute Gasteiger partial charge is 0.309 e. The predicted molar refractivity (Wildman–Crippen MR) is 199 cm³/mol. The number of halogens is 1. The van der Waals surface area contributed by atoms with E-state index in [1.165, 1.54) is 17.7 Å². The predicted octanol–water partition coefficient (Wildman–Crippen LogP) is 8.67. The van der Waals surface area contributed by atoms with Gasteiger partial charge in [0.15, 0.2) is 5.78 Å². The molecule has 5 aliphatic carbocycles. The van der Waals surface area contributed by atoms with Crippen LogP contribution in [0.5, 0.6) is 0 Å². The van der Waals surface area contributed by atoms with Crippen LogP contribution in [0.3, 0.4) is 0 Å². The molecule has 0 saturated heterocycles. The third-order valence-electron chi connectivity index (χ3n) is 16.1. The summed E-state index contributed by atoms with van der Waals surface area (Å²) in [4.78, 5) is 38.8. The standard InChI is InChI=1S/C44H64FNO6/c1-26(2)36-30(47)22-44(33(48)25-46-24-27-10-12-28(45)13-11-27)21-20-42(8)29(37(36)44)14-15-32-41(7)18-17-34(52-35(49)23-39(3,4)38(50)51)40(5,6)31(41)16-19-43(32,42)9/h10-13,26,29,31-34,46,48H,14-25H2,1-9H3,(H,50,51)/t29-,31?,32?,33-,34+,41+,42-,43-,44+/m1/s1. The number of Topliss-reactive ketones (excluding diaryl/α,β-unsaturated/α-hetero) is 1. The van der Waals surface area contributed by atoms with Gasteiger partial charge in [0.2, 0.25) is 0 Å². The fourth-order valence-electron chi connectivity index (χ4n) is 13.1. The quantitative estimate of drug-likeness (QED) is 0.207. The summed E-state index contributed by atoms with van der Waals surface area (Å²) in [6.07, 6.45) is 6.91. The van der Waals surface area contributed by atoms with E-state index in [4.69, 9.17) is 4.74 Å². The lowest BCUT2D eigenvalue weighted by atomic mass is 9.33. The maximum Gasteiger partial charge on any atom is 0.309 e. The summed E-state index contributed by atoms with van der Waals surface area (Å²) in [6, 6.07) is 6.44. The molecule has 3 N–H and O–H groups in total. The molecule has 9 atom stereocenters. The highest BCUT2D eigenvalue weighted by atomic mass is 19.1. The molecule has 0 radical (unpaired) electrons. The van der Waals surface area contributed by atoms with E-state index >= 15 is 0 Å². The van der Waals surface area contributed by atoms with E-state index in [1.807, 2.05) is 0 Å². The van der Waals surface area contributed by atoms with Crippen molar-refractivity contribution in [3.8, 4) is 0 Å². The first-order chi connectivity index (χ1) is 24.1. The van der Waals surface area contributed by atoms with Gasteiger partial charge in [-0.1, -0.05) is 66.2 Å². The van der Waals surface area contributed by atoms with Gasteiger partial charge in [-0.25, -0.2) is 4.39 Å². The van der Waals surface area contributed by atoms with Crippen LogP contribution in [0.4, 0.5) is 4.39 Å². The van der Waals surface area contributed by atoms with E-state index in [9.17, 15) is 29.0 Å². The number of aliphatic carboxylic acids is 1. The zero-order valence-corrected chi connectivity index (χ0v) is 33.2. The fraction of sp³-hybridized carbons (Fsp3) is 0.750. The Morgan fingerprint density at radius 1 is 0.942 bits per heavy atom. The number of hydrogen-bond donors (Lipinski definition) is 3. The second kappa shape index (κ2) is 13.3. The number of nitrogens with one attached hydrogen (secondary N) is 1. The zero-order valence-electron chi connectivity index (χ0n) is 33.2. The lowest BCUT2D eigenvalue weighted by Gasteiger charge is -2.72. The van der Waals surface area contributed by atoms with E-state index in [0.29, 0.717) is 31.3 Å². The fourth-order valence-corrected chi connectivity index (χ4v) is 13.1. The Bertz CT molecular complexity index is 1610. The third kappa shape index (κ3) is 6.01. The molecular formula is C44H64FNO6. The molecule has 52 heavy (non-hydrogen) atoms. The van der Waals surface area contributed by atoms with Crippen LogP contribution in [0.2, 0.25) is 0 Å². The number of carbonyl (C=O) groups is 3. The second-order valence-corrected chi connectivity index (χ2v) is 19.8. The summed E-state index contributed by atoms with van der Waals surface area (Å²) in [5, 5.41) is 25.1. The van der Waals surface area contributed by atoms with Crippen molar-refractivity contribution in [2.45, 2.75) is 145 Å². The highest BCUT2D eigenvalue weighted by Gasteiger charge is 2.70. The van der Waals surface area contributed by atoms with Gasteiger partial charge in [-0.2, -0.15) is 0 Å². The molecule has 0 aliphatic heterocycles. The Labute approximate surface area is 310 Å². The minimum atomic E-state index is -1.17. The number of carboxylic acid groups (broad SMARTS) is 1. The van der Waals surface area contributed by atoms with Crippen molar-refractivity contribution >= 4 is 17.7 Å². The van der Waals surface area contributed by atoms with Crippen LogP contribution in [0.15, 0.2) is 35.4 Å². The van der Waals surface area contributed by atoms with Crippen LogP contribution in [0.1, 0.15) is 132 Å². The van der Waals surface area contributed by atoms with Crippen molar-refractivity contribution in [1.29, 1.82) is 0 Å². The normalized spacial score (nSPS) is 37.5. The second-order valence-electron chi connectivity index (χ2n) is 19.8. The summed E-state index contributed by atoms with van der Waals surface area (Å²) in [5.41, 5.74) is 1.22. The summed E-state index contributed by atoms with van der Waals surface area (Å²) < 4.78 is 19.6. The number of esters is 1. The third-order valence-corrected chi connectivity index (χ3v) is 16.1. The SMILES string of the molecule is CC(C)C1=C2[C@H]3CCC4[C@@]5(C)CC[C@H](OC(=O)CC(C)(C)C(=O)O)C(C)(C)C5CC[C@@]4(C)[C@]3(C)CC[C@@]2([C@H](O)CNCc2ccc(F)cc2)CC1=O. The highest BCUT2D eigenvalue weighted by molar-refractivity contribution is 6.00. The van der Waals surface area contributed by atoms with Crippen molar-refractivity contribution < 1.29 is 33.7 Å². The molecule has 0 spiro atoms. The number of carbonyl (C=O) groups excluding carboxylic acids is 2. The van der Waals surface area contributed by atoms with Crippen LogP contribution < -0.4 is 5.32 Å². The number of fused-ring (bicyclic) bond motifs is 7. The molecule has 1 aromatic carbocycles. The first kappa shape index (κ1) is 39.1. The molecule has 1 aromatic rings. The molecule has 7 nitrogen and oxygen atoms in total. The topological polar surface area (TPSA) is 113 Å². The van der Waals surface area contributed by atoms with E-state index < -0.39 is 28.9 Å². The van der Waals surface area contributed by atoms with Gasteiger partial charge >= 0.3 is 11.9 Å². The van der Waals surface area contributed by atoms with Crippen LogP contribution in [-0.4, -0.2) is 46.7 Å². The van der Waals surface area contributed by atoms with Crippen molar-refractivity contribution in [2.24, 2.45) is 56.2 Å². The van der Waals surface area contributed by atoms with E-state index in [-0.39, 0.29) is 57.6 Å². The number of aliphatic hydroxyl groups is 1. The average Bonchev–Trinajstić information content (AvgIpc) is 3.36. The van der Waals surface area contributed by atoms with Crippen molar-refractivity contribution in [2.75, 3.05) is 6.54 Å². The maximum atomic E-state index is 14.0. The van der Waals surface area contributed by atoms with Crippen molar-refractivity contribution in [1.82, 2.24) is 5.32 Å². The zero-order chi connectivity index (χ0) is 38.2. The van der Waals surface area contributed by atoms with Crippen LogP contribution in [-0.2, 0) is 25.7 Å². The lowest BCUT2D eigenvalue weighted by molar-refractivity contribution is -0.235. The summed E-state index contributed by atoms with van der Waals surface area (Å²) in [7, 11) is 0. The number of rotatable bonds is 10. The van der Waals surface area contributed by atoms with Gasteiger partial charge in [0.05, 0.1) is 17.9 Å². The molecule has 0 amide bonds. The van der Waals surface area contributed by atoms with E-state index in [2.05, 4.69) is 53.8 Å². The van der Waals surface area contributed by atoms with E-state index in [1.54, 1.807) is 26.0 Å². The van der Waals surface area contributed by atoms with Crippen LogP contribution >= 0.6 is 0 Å². The van der Waals surface area contributed by atoms with Gasteiger partial charge in [0.1, 0.15) is 11.9 Å². The van der Waals surface area contributed by atoms with Gasteiger partial charge in [0, 0.05) is 30.3 Å². The molecule has 4 fully saturated rings. The van der Waals surface area contributed by atoms with Crippen molar-refractivity contribution in [3.63, 3.8) is 0 Å². The van der Waals surface area contributed by atoms with Gasteiger partial charge in [0.25, 0.3) is 0 Å². The minimum Gasteiger partial charge on any atom is -0.481 e. The van der Waals surface area contributed by atoms with Gasteiger partial charge in [-0.05, 0) is 128 Å². The number of carboxylic acids is 1. The number of hydrogen-bond acceptors (Lipinski definition) is 6. The first-order valence-corrected chi connectivity index (χ1v) is 20.0. The lowest BCUT2D eigenvalue weighted by Crippen LogP contribution is -2.66. The first-order valence-electron chi connectivity index (χ1n) is 20.0. The number of ketones is 1. The van der Waals surface area contributed by atoms with Crippen molar-refractivity contribution in [3.05, 3.63) is 46.8 Å². The number of ether oxygens (including phenoxy) is 1. The maximum absolute atomic E-state index is 14.0. The van der Waals surface area contributed by atoms with Crippen LogP contribution in [0.25, 0.3) is 0 Å². The molecule has 0 bridgehead atoms. The molecular weight excluding hydrogens is 657 g/mol. The Kier molecular flexibility index (Phi) is 10.0. The molecule has 6 rings (SSSR count). The Balaban J connectivity index is 1.26. The minimum absolute atomic E-state index is 0.0327.